The van der Waals surface area contributed by atoms with Crippen molar-refractivity contribution < 1.29 is 9.47 Å². The van der Waals surface area contributed by atoms with Gasteiger partial charge in [-0.2, -0.15) is 0 Å². The Bertz CT molecular complexity index is 818. The molecule has 1 aromatic carbocycles. The van der Waals surface area contributed by atoms with Crippen LogP contribution in [0.5, 0.6) is 5.75 Å². The number of aliphatic imine (C=N–C) groups is 1. The summed E-state index contributed by atoms with van der Waals surface area (Å²) in [6, 6.07) is 8.14. The number of nitrogens with zero attached hydrogens (tertiary/aromatic N) is 5. The van der Waals surface area contributed by atoms with E-state index in [1.54, 1.807) is 13.4 Å². The molecule has 0 aliphatic carbocycles. The van der Waals surface area contributed by atoms with E-state index in [2.05, 4.69) is 43.3 Å². The van der Waals surface area contributed by atoms with Gasteiger partial charge < -0.3 is 24.7 Å². The summed E-state index contributed by atoms with van der Waals surface area (Å²) in [5, 5.41) is 15.1. The molecule has 3 rings (SSSR count). The van der Waals surface area contributed by atoms with Crippen LogP contribution >= 0.6 is 0 Å². The number of aryl methyl sites for hydroxylation is 1. The van der Waals surface area contributed by atoms with Crippen LogP contribution in [0.1, 0.15) is 24.7 Å². The lowest BCUT2D eigenvalue weighted by molar-refractivity contribution is 0.0377. The van der Waals surface area contributed by atoms with Gasteiger partial charge in [0.25, 0.3) is 0 Å². The minimum absolute atomic E-state index is 0.759. The molecule has 2 aromatic rings. The first-order valence-electron chi connectivity index (χ1n) is 11.6. The molecule has 9 heteroatoms. The molecule has 32 heavy (non-hydrogen) atoms. The molecule has 1 aromatic heterocycles. The van der Waals surface area contributed by atoms with Crippen molar-refractivity contribution >= 4 is 5.96 Å². The molecule has 1 fully saturated rings. The highest BCUT2D eigenvalue weighted by atomic mass is 16.5. The molecule has 0 spiro atoms. The molecule has 1 saturated heterocycles. The molecule has 1 aliphatic heterocycles. The zero-order chi connectivity index (χ0) is 22.4. The van der Waals surface area contributed by atoms with E-state index in [4.69, 9.17) is 14.5 Å². The highest BCUT2D eigenvalue weighted by Crippen LogP contribution is 2.17. The number of hydrogen-bond acceptors (Lipinski definition) is 6. The number of para-hydroxylation sites is 1. The van der Waals surface area contributed by atoms with Gasteiger partial charge in [-0.1, -0.05) is 25.1 Å². The minimum atomic E-state index is 0.759. The van der Waals surface area contributed by atoms with Crippen LogP contribution in [0.3, 0.4) is 0 Å². The second-order valence-electron chi connectivity index (χ2n) is 7.75. The van der Waals surface area contributed by atoms with Crippen molar-refractivity contribution in [3.05, 3.63) is 42.0 Å². The van der Waals surface area contributed by atoms with Gasteiger partial charge in [0.1, 0.15) is 17.9 Å². The van der Waals surface area contributed by atoms with Crippen molar-refractivity contribution in [2.75, 3.05) is 59.6 Å². The summed E-state index contributed by atoms with van der Waals surface area (Å²) in [5.41, 5.74) is 1.19. The summed E-state index contributed by atoms with van der Waals surface area (Å²) in [7, 11) is 1.71. The molecular formula is C23H37N7O2. The lowest BCUT2D eigenvalue weighted by atomic mass is 10.1. The van der Waals surface area contributed by atoms with Gasteiger partial charge in [-0.25, -0.2) is 0 Å². The SMILES string of the molecule is CCc1nncn1CCNC(=NCCCN1CCOCC1)NCCc1ccccc1OC. The minimum Gasteiger partial charge on any atom is -0.496 e. The largest absolute Gasteiger partial charge is 0.496 e. The third kappa shape index (κ3) is 7.80. The molecule has 2 heterocycles. The molecule has 9 nitrogen and oxygen atoms in total. The molecule has 2 N–H and O–H groups in total. The van der Waals surface area contributed by atoms with Crippen LogP contribution in [0.25, 0.3) is 0 Å². The Morgan fingerprint density at radius 2 is 1.97 bits per heavy atom. The lowest BCUT2D eigenvalue weighted by Crippen LogP contribution is -2.40. The maximum absolute atomic E-state index is 5.47. The molecule has 0 atom stereocenters. The number of hydrogen-bond donors (Lipinski definition) is 2. The first kappa shape index (κ1) is 24.0. The first-order valence-corrected chi connectivity index (χ1v) is 11.6. The van der Waals surface area contributed by atoms with E-state index in [-0.39, 0.29) is 0 Å². The Labute approximate surface area is 191 Å². The summed E-state index contributed by atoms with van der Waals surface area (Å²) >= 11 is 0. The first-order chi connectivity index (χ1) is 15.8. The maximum Gasteiger partial charge on any atom is 0.191 e. The molecule has 0 radical (unpaired) electrons. The van der Waals surface area contributed by atoms with Gasteiger partial charge in [0, 0.05) is 52.2 Å². The zero-order valence-corrected chi connectivity index (χ0v) is 19.4. The number of aromatic nitrogens is 3. The van der Waals surface area contributed by atoms with E-state index in [0.717, 1.165) is 95.8 Å². The van der Waals surface area contributed by atoms with Crippen molar-refractivity contribution in [1.82, 2.24) is 30.3 Å². The normalized spacial score (nSPS) is 15.0. The van der Waals surface area contributed by atoms with E-state index in [1.807, 2.05) is 18.2 Å². The average molecular weight is 444 g/mol. The Kier molecular flexibility index (Phi) is 10.3. The number of nitrogens with one attached hydrogen (secondary N) is 2. The van der Waals surface area contributed by atoms with Crippen molar-refractivity contribution in [3.8, 4) is 5.75 Å². The van der Waals surface area contributed by atoms with Gasteiger partial charge in [-0.3, -0.25) is 9.89 Å². The zero-order valence-electron chi connectivity index (χ0n) is 19.4. The predicted molar refractivity (Wildman–Crippen MR) is 126 cm³/mol. The smallest absolute Gasteiger partial charge is 0.191 e. The van der Waals surface area contributed by atoms with Crippen molar-refractivity contribution in [1.29, 1.82) is 0 Å². The van der Waals surface area contributed by atoms with Gasteiger partial charge in [0.2, 0.25) is 0 Å². The maximum atomic E-state index is 5.47. The van der Waals surface area contributed by atoms with Crippen LogP contribution in [0, 0.1) is 0 Å². The highest BCUT2D eigenvalue weighted by Gasteiger charge is 2.09. The van der Waals surface area contributed by atoms with Crippen molar-refractivity contribution in [2.24, 2.45) is 4.99 Å². The number of morpholine rings is 1. The van der Waals surface area contributed by atoms with Crippen LogP contribution in [0.4, 0.5) is 0 Å². The third-order valence-electron chi connectivity index (χ3n) is 5.54. The number of methoxy groups -OCH3 is 1. The Morgan fingerprint density at radius 1 is 1.16 bits per heavy atom. The van der Waals surface area contributed by atoms with Crippen LogP contribution < -0.4 is 15.4 Å². The number of rotatable bonds is 12. The predicted octanol–water partition coefficient (Wildman–Crippen LogP) is 1.35. The summed E-state index contributed by atoms with van der Waals surface area (Å²) in [4.78, 5) is 7.25. The highest BCUT2D eigenvalue weighted by molar-refractivity contribution is 5.79. The Morgan fingerprint density at radius 3 is 2.78 bits per heavy atom. The number of benzene rings is 1. The Hall–Kier alpha value is -2.65. The number of ether oxygens (including phenoxy) is 2. The van der Waals surface area contributed by atoms with Crippen LogP contribution in [-0.2, 0) is 24.1 Å². The van der Waals surface area contributed by atoms with E-state index in [1.165, 1.54) is 5.56 Å². The van der Waals surface area contributed by atoms with Gasteiger partial charge in [-0.05, 0) is 24.5 Å². The topological polar surface area (TPSA) is 88.8 Å². The number of guanidine groups is 1. The summed E-state index contributed by atoms with van der Waals surface area (Å²) in [5.74, 6) is 2.76. The fraction of sp³-hybridized carbons (Fsp3) is 0.609. The standard InChI is InChI=1S/C23H37N7O2/c1-3-22-28-27-19-30(22)14-12-26-23(24-10-6-13-29-15-17-32-18-16-29)25-11-9-20-7-4-5-8-21(20)31-2/h4-5,7-8,19H,3,6,9-18H2,1-2H3,(H2,24,25,26). The van der Waals surface area contributed by atoms with Crippen molar-refractivity contribution in [3.63, 3.8) is 0 Å². The monoisotopic (exact) mass is 443 g/mol. The molecular weight excluding hydrogens is 406 g/mol. The van der Waals surface area contributed by atoms with E-state index in [9.17, 15) is 0 Å². The molecule has 176 valence electrons. The molecule has 1 aliphatic rings. The summed E-state index contributed by atoms with van der Waals surface area (Å²) in [6.07, 6.45) is 4.56. The van der Waals surface area contributed by atoms with Gasteiger partial charge in [0.15, 0.2) is 5.96 Å². The molecule has 0 bridgehead atoms. The fourth-order valence-electron chi connectivity index (χ4n) is 3.74. The van der Waals surface area contributed by atoms with Gasteiger partial charge in [0.05, 0.1) is 20.3 Å². The summed E-state index contributed by atoms with van der Waals surface area (Å²) < 4.78 is 13.0. The van der Waals surface area contributed by atoms with Gasteiger partial charge >= 0.3 is 0 Å². The summed E-state index contributed by atoms with van der Waals surface area (Å²) in [6.45, 7) is 9.99. The third-order valence-corrected chi connectivity index (χ3v) is 5.54. The van der Waals surface area contributed by atoms with E-state index < -0.39 is 0 Å². The van der Waals surface area contributed by atoms with Crippen LogP contribution in [0.2, 0.25) is 0 Å². The second kappa shape index (κ2) is 13.7. The van der Waals surface area contributed by atoms with Gasteiger partial charge in [-0.15, -0.1) is 10.2 Å². The van der Waals surface area contributed by atoms with Crippen molar-refractivity contribution in [2.45, 2.75) is 32.7 Å². The molecule has 0 amide bonds. The van der Waals surface area contributed by atoms with Crippen LogP contribution in [0.15, 0.2) is 35.6 Å². The van der Waals surface area contributed by atoms with E-state index >= 15 is 0 Å². The fourth-order valence-corrected chi connectivity index (χ4v) is 3.74. The Balaban J connectivity index is 1.49. The lowest BCUT2D eigenvalue weighted by Gasteiger charge is -2.26. The molecule has 0 unspecified atom stereocenters. The second-order valence-corrected chi connectivity index (χ2v) is 7.75. The quantitative estimate of drug-likeness (QED) is 0.291. The van der Waals surface area contributed by atoms with Crippen LogP contribution in [-0.4, -0.2) is 85.2 Å². The average Bonchev–Trinajstić information content (AvgIpc) is 3.30. The van der Waals surface area contributed by atoms with E-state index in [0.29, 0.717) is 0 Å². The molecule has 0 saturated carbocycles.